The minimum atomic E-state index is -1.02. The van der Waals surface area contributed by atoms with E-state index >= 15 is 0 Å². The smallest absolute Gasteiger partial charge is 0.493 e. The Kier molecular flexibility index (Phi) is 37.5. The Hall–Kier alpha value is -11.5. The molecule has 0 radical (unpaired) electrons. The van der Waals surface area contributed by atoms with E-state index < -0.39 is 40.7 Å². The number of pyridine rings is 1. The predicted octanol–water partition coefficient (Wildman–Crippen LogP) is 10.7. The molecule has 548 valence electrons. The van der Waals surface area contributed by atoms with Crippen LogP contribution in [-0.2, 0) is 80.4 Å². The molecule has 0 N–H and O–H groups in total. The molecule has 7 aromatic carbocycles. The van der Waals surface area contributed by atoms with Crippen molar-refractivity contribution < 1.29 is 107 Å². The number of nitriles is 1. The first-order valence-electron chi connectivity index (χ1n) is 30.0. The first-order valence-corrected chi connectivity index (χ1v) is 30.0. The third-order valence-corrected chi connectivity index (χ3v) is 12.7. The third-order valence-electron chi connectivity index (χ3n) is 12.7. The molecule has 26 nitrogen and oxygen atoms in total. The Morgan fingerprint density at radius 3 is 1.02 bits per heavy atom. The molecular weight excluding hydrogens is 2110 g/mol. The van der Waals surface area contributed by atoms with Gasteiger partial charge in [-0.2, -0.15) is 123 Å². The number of nitrogens with zero attached hydrogens (tertiary/aromatic N) is 26. The van der Waals surface area contributed by atoms with Crippen LogP contribution in [-0.4, -0.2) is 138 Å². The summed E-state index contributed by atoms with van der Waals surface area (Å²) < 4.78 is 77.8. The number of hydrogen-bond acceptors (Lipinski definition) is 26. The second kappa shape index (κ2) is 46.4. The van der Waals surface area contributed by atoms with Crippen molar-refractivity contribution in [3.05, 3.63) is 312 Å². The van der Waals surface area contributed by atoms with Crippen molar-refractivity contribution in [2.75, 3.05) is 48.2 Å². The van der Waals surface area contributed by atoms with E-state index in [1.54, 1.807) is 45.4 Å². The van der Waals surface area contributed by atoms with Crippen molar-refractivity contribution in [3.8, 4) is 51.6 Å². The zero-order valence-electron chi connectivity index (χ0n) is 56.3. The van der Waals surface area contributed by atoms with E-state index in [0.717, 1.165) is 52.6 Å². The summed E-state index contributed by atoms with van der Waals surface area (Å²) in [5.41, 5.74) is 3.85. The number of hydrogen-bond donors (Lipinski definition) is 0. The summed E-state index contributed by atoms with van der Waals surface area (Å²) >= 11 is 0. The number of anilines is 4. The normalized spacial score (nSPS) is 12.2. The molecule has 0 fully saturated rings. The predicted molar refractivity (Wildman–Crippen MR) is 372 cm³/mol. The SMILES string of the molecule is CN1C=NN(c2[c-]cccc2)[CH-]1.CN1C=NN(c2[c-]cccc2)[CH-]1.CN1C=NN(c2[c-]cccc2)[CH-]1.CN1C=NN(c2[c-]cccc2)[CH-]1.Fc1c[c-]c(-c2ncncn2)c(F)c1.Fc1c[c-]c(-c2ncncn2)c(F)n1.N#Cc1c(F)c[c-]c(-c2ncncn2)c1F.[Ir+3].[Ir+3].[Ir+3].[Ir+3].[c-]1ccccc1-c1ncncn1. The number of benzene rings is 7. The van der Waals surface area contributed by atoms with Gasteiger partial charge in [0.25, 0.3) is 0 Å². The van der Waals surface area contributed by atoms with Crippen LogP contribution in [0.25, 0.3) is 45.6 Å². The summed E-state index contributed by atoms with van der Waals surface area (Å²) in [6, 6.07) is 66.0. The molecule has 0 amide bonds. The quantitative estimate of drug-likeness (QED) is 0.0777. The molecule has 108 heavy (non-hydrogen) atoms. The summed E-state index contributed by atoms with van der Waals surface area (Å²) in [6.45, 7) is 7.58. The number of aromatic nitrogens is 13. The van der Waals surface area contributed by atoms with Crippen LogP contribution in [0.15, 0.2) is 217 Å². The molecule has 4 aliphatic rings. The van der Waals surface area contributed by atoms with Gasteiger partial charge < -0.3 is 39.6 Å². The monoisotopic (exact) mass is 2170 g/mol. The summed E-state index contributed by atoms with van der Waals surface area (Å²) in [5, 5.41) is 32.2. The van der Waals surface area contributed by atoms with Gasteiger partial charge in [-0.15, -0.1) is 117 Å². The van der Waals surface area contributed by atoms with Crippen LogP contribution in [0.5, 0.6) is 0 Å². The molecule has 0 saturated heterocycles. The fourth-order valence-electron chi connectivity index (χ4n) is 8.01. The first-order chi connectivity index (χ1) is 50.7. The van der Waals surface area contributed by atoms with Crippen LogP contribution in [0.1, 0.15) is 5.56 Å². The summed E-state index contributed by atoms with van der Waals surface area (Å²) in [7, 11) is 7.75. The molecule has 0 bridgehead atoms. The van der Waals surface area contributed by atoms with Crippen LogP contribution < -0.4 is 20.0 Å². The molecule has 0 saturated carbocycles. The molecule has 0 atom stereocenters. The van der Waals surface area contributed by atoms with Crippen LogP contribution in [0.3, 0.4) is 0 Å². The van der Waals surface area contributed by atoms with Gasteiger partial charge in [-0.3, -0.25) is 62.4 Å². The van der Waals surface area contributed by atoms with Gasteiger partial charge in [0.15, 0.2) is 0 Å². The van der Waals surface area contributed by atoms with E-state index in [1.165, 1.54) is 56.7 Å². The average molecular weight is 2160 g/mol. The van der Waals surface area contributed by atoms with E-state index in [4.69, 9.17) is 5.26 Å². The van der Waals surface area contributed by atoms with Gasteiger partial charge in [-0.25, -0.2) is 28.7 Å². The van der Waals surface area contributed by atoms with Gasteiger partial charge in [0.2, 0.25) is 0 Å². The van der Waals surface area contributed by atoms with Crippen molar-refractivity contribution in [1.29, 1.82) is 5.26 Å². The summed E-state index contributed by atoms with van der Waals surface area (Å²) in [6.07, 6.45) is 17.2. The van der Waals surface area contributed by atoms with Crippen molar-refractivity contribution in [2.24, 2.45) is 20.4 Å². The van der Waals surface area contributed by atoms with Crippen LogP contribution in [0.4, 0.5) is 49.1 Å². The van der Waals surface area contributed by atoms with Gasteiger partial charge in [0.05, 0.1) is 66.4 Å². The topological polar surface area (TPSA) is 267 Å². The fourth-order valence-corrected chi connectivity index (χ4v) is 8.01. The standard InChI is InChI=1S/C10H3F2N4.C9H4F2N3.4C9H9N3.C9H6N3.C8H3F2N4.4Ir/c11-8-2-1-6(9(12)7(8)3-13)10-15-4-14-5-16-10;10-6-1-2-7(8(11)3-6)9-13-4-12-5-14-9;4*1-11-7-10-12(8-11)9-5-3-2-4-6-9;1-2-4-8(5-3-1)9-11-6-10-7-12-9;9-6-2-1-5(7(10)14-6)8-12-3-11-4-13-8;;;;/h2,4-5H;1,3-5H;4*2-5,7-8H,1H3;1-4,6-7H;2-4H;;;;/q2*-1;4*-2;2*-1;4*+3. The van der Waals surface area contributed by atoms with Crippen molar-refractivity contribution in [1.82, 2.24) is 84.4 Å². The Balaban J connectivity index is 0.000000220. The Morgan fingerprint density at radius 1 is 0.370 bits per heavy atom. The van der Waals surface area contributed by atoms with Gasteiger partial charge in [-0.05, 0) is 28.2 Å². The van der Waals surface area contributed by atoms with Gasteiger partial charge in [-0.1, -0.05) is 51.6 Å². The van der Waals surface area contributed by atoms with E-state index in [-0.39, 0.29) is 115 Å². The minimum Gasteiger partial charge on any atom is -0.493 e. The van der Waals surface area contributed by atoms with Crippen molar-refractivity contribution in [2.45, 2.75) is 0 Å². The van der Waals surface area contributed by atoms with Crippen molar-refractivity contribution >= 4 is 48.1 Å². The van der Waals surface area contributed by atoms with Crippen molar-refractivity contribution in [3.63, 3.8) is 0 Å². The largest absolute Gasteiger partial charge is 3.00 e. The first kappa shape index (κ1) is 87.1. The van der Waals surface area contributed by atoms with Crippen LogP contribution in [0.2, 0.25) is 0 Å². The number of hydrazone groups is 4. The van der Waals surface area contributed by atoms with E-state index in [1.807, 2.05) is 196 Å². The molecule has 12 aromatic rings. The zero-order valence-corrected chi connectivity index (χ0v) is 65.9. The Labute approximate surface area is 672 Å². The average Bonchev–Trinajstić information content (AvgIpc) is 1.13. The molecule has 9 heterocycles. The molecule has 0 spiro atoms. The van der Waals surface area contributed by atoms with E-state index in [9.17, 15) is 26.3 Å². The summed E-state index contributed by atoms with van der Waals surface area (Å²) in [4.78, 5) is 55.2. The molecule has 5 aromatic heterocycles. The maximum absolute atomic E-state index is 13.6. The minimum absolute atomic E-state index is 0. The van der Waals surface area contributed by atoms with E-state index in [2.05, 4.69) is 134 Å². The molecule has 36 heteroatoms. The van der Waals surface area contributed by atoms with Gasteiger partial charge in [0, 0.05) is 17.2 Å². The molecule has 16 rings (SSSR count). The maximum Gasteiger partial charge on any atom is 3.00 e. The number of rotatable bonds is 8. The Morgan fingerprint density at radius 2 is 0.704 bits per heavy atom. The molecule has 0 unspecified atom stereocenters. The second-order valence-electron chi connectivity index (χ2n) is 20.3. The molecular formula is C72H52F6Ir4N26. The van der Waals surface area contributed by atoms with Crippen LogP contribution in [0, 0.1) is 122 Å². The maximum atomic E-state index is 13.6. The molecule has 4 aliphatic heterocycles. The number of halogens is 6. The van der Waals surface area contributed by atoms with Crippen LogP contribution >= 0.6 is 0 Å². The summed E-state index contributed by atoms with van der Waals surface area (Å²) in [5.74, 6) is -4.45. The van der Waals surface area contributed by atoms with Gasteiger partial charge in [0.1, 0.15) is 62.5 Å². The number of para-hydroxylation sites is 4. The second-order valence-corrected chi connectivity index (χ2v) is 20.3. The fraction of sp³-hybridized carbons (Fsp3) is 0.0556. The zero-order chi connectivity index (χ0) is 73.3. The molecule has 0 aliphatic carbocycles. The van der Waals surface area contributed by atoms with E-state index in [0.29, 0.717) is 5.82 Å². The van der Waals surface area contributed by atoms with Gasteiger partial charge >= 0.3 is 80.4 Å². The third kappa shape index (κ3) is 27.4. The Bertz CT molecular complexity index is 4370.